The summed E-state index contributed by atoms with van der Waals surface area (Å²) in [6.45, 7) is 3.51. The van der Waals surface area contributed by atoms with E-state index in [2.05, 4.69) is 9.97 Å². The van der Waals surface area contributed by atoms with Crippen molar-refractivity contribution < 1.29 is 4.42 Å². The molecule has 0 spiro atoms. The molecule has 16 heavy (non-hydrogen) atoms. The molecule has 0 amide bonds. The van der Waals surface area contributed by atoms with Crippen LogP contribution >= 0.6 is 0 Å². The summed E-state index contributed by atoms with van der Waals surface area (Å²) in [6, 6.07) is 3.80. The van der Waals surface area contributed by atoms with Crippen molar-refractivity contribution in [2.45, 2.75) is 13.5 Å². The molecule has 0 aliphatic heterocycles. The number of anilines is 2. The summed E-state index contributed by atoms with van der Waals surface area (Å²) >= 11 is 0. The van der Waals surface area contributed by atoms with Gasteiger partial charge in [0, 0.05) is 6.54 Å². The van der Waals surface area contributed by atoms with Crippen LogP contribution in [0, 0.1) is 0 Å². The van der Waals surface area contributed by atoms with E-state index in [1.807, 2.05) is 24.0 Å². The van der Waals surface area contributed by atoms with Gasteiger partial charge in [-0.1, -0.05) is 0 Å². The summed E-state index contributed by atoms with van der Waals surface area (Å²) in [4.78, 5) is 10.4. The van der Waals surface area contributed by atoms with Gasteiger partial charge in [0.1, 0.15) is 5.76 Å². The predicted octanol–water partition coefficient (Wildman–Crippen LogP) is 1.68. The first-order chi connectivity index (χ1) is 7.79. The van der Waals surface area contributed by atoms with Crippen LogP contribution in [0.4, 0.5) is 11.6 Å². The lowest BCUT2D eigenvalue weighted by molar-refractivity contribution is 0.502. The SMILES string of the molecule is CCN(Cc1ccco1)c1ncc(N)cn1. The molecule has 2 aromatic heterocycles. The fraction of sp³-hybridized carbons (Fsp3) is 0.273. The minimum absolute atomic E-state index is 0.567. The first kappa shape index (κ1) is 10.5. The van der Waals surface area contributed by atoms with Gasteiger partial charge in [-0.15, -0.1) is 0 Å². The Labute approximate surface area is 93.9 Å². The second kappa shape index (κ2) is 4.65. The minimum atomic E-state index is 0.567. The molecule has 0 saturated heterocycles. The van der Waals surface area contributed by atoms with Gasteiger partial charge in [0.25, 0.3) is 0 Å². The molecule has 5 heteroatoms. The van der Waals surface area contributed by atoms with Crippen LogP contribution in [0.3, 0.4) is 0 Å². The van der Waals surface area contributed by atoms with Gasteiger partial charge >= 0.3 is 0 Å². The molecule has 2 heterocycles. The molecule has 0 saturated carbocycles. The fourth-order valence-corrected chi connectivity index (χ4v) is 1.41. The molecule has 0 atom stereocenters. The van der Waals surface area contributed by atoms with Gasteiger partial charge in [0.15, 0.2) is 0 Å². The van der Waals surface area contributed by atoms with Crippen molar-refractivity contribution >= 4 is 11.6 Å². The number of hydrogen-bond donors (Lipinski definition) is 1. The quantitative estimate of drug-likeness (QED) is 0.845. The molecule has 2 N–H and O–H groups in total. The van der Waals surface area contributed by atoms with Crippen LogP contribution in [-0.2, 0) is 6.54 Å². The third-order valence-corrected chi connectivity index (χ3v) is 2.25. The predicted molar refractivity (Wildman–Crippen MR) is 61.9 cm³/mol. The third-order valence-electron chi connectivity index (χ3n) is 2.25. The molecule has 0 aromatic carbocycles. The monoisotopic (exact) mass is 218 g/mol. The lowest BCUT2D eigenvalue weighted by Crippen LogP contribution is -2.23. The van der Waals surface area contributed by atoms with E-state index in [-0.39, 0.29) is 0 Å². The van der Waals surface area contributed by atoms with Gasteiger partial charge in [0.05, 0.1) is 30.9 Å². The number of aromatic nitrogens is 2. The van der Waals surface area contributed by atoms with Crippen LogP contribution in [-0.4, -0.2) is 16.5 Å². The van der Waals surface area contributed by atoms with Crippen LogP contribution in [0.2, 0.25) is 0 Å². The summed E-state index contributed by atoms with van der Waals surface area (Å²) in [5, 5.41) is 0. The molecule has 0 unspecified atom stereocenters. The molecule has 0 fully saturated rings. The molecule has 0 bridgehead atoms. The highest BCUT2D eigenvalue weighted by molar-refractivity contribution is 5.37. The van der Waals surface area contributed by atoms with Crippen molar-refractivity contribution in [3.63, 3.8) is 0 Å². The average Bonchev–Trinajstić information content (AvgIpc) is 2.80. The topological polar surface area (TPSA) is 68.2 Å². The van der Waals surface area contributed by atoms with Crippen LogP contribution in [0.1, 0.15) is 12.7 Å². The Kier molecular flexibility index (Phi) is 3.05. The Morgan fingerprint density at radius 1 is 1.38 bits per heavy atom. The van der Waals surface area contributed by atoms with Gasteiger partial charge < -0.3 is 15.1 Å². The second-order valence-electron chi connectivity index (χ2n) is 3.41. The van der Waals surface area contributed by atoms with Gasteiger partial charge in [0.2, 0.25) is 5.95 Å². The maximum absolute atomic E-state index is 5.54. The maximum atomic E-state index is 5.54. The Hall–Kier alpha value is -2.04. The van der Waals surface area contributed by atoms with Gasteiger partial charge in [-0.05, 0) is 19.1 Å². The number of furan rings is 1. The van der Waals surface area contributed by atoms with Crippen LogP contribution in [0.15, 0.2) is 35.2 Å². The van der Waals surface area contributed by atoms with Crippen LogP contribution in [0.25, 0.3) is 0 Å². The first-order valence-corrected chi connectivity index (χ1v) is 5.14. The second-order valence-corrected chi connectivity index (χ2v) is 3.41. The zero-order chi connectivity index (χ0) is 11.4. The molecule has 2 rings (SSSR count). The normalized spacial score (nSPS) is 10.3. The van der Waals surface area contributed by atoms with E-state index in [0.717, 1.165) is 12.3 Å². The minimum Gasteiger partial charge on any atom is -0.467 e. The standard InChI is InChI=1S/C11H14N4O/c1-2-15(8-10-4-3-5-16-10)11-13-6-9(12)7-14-11/h3-7H,2,8,12H2,1H3. The van der Waals surface area contributed by atoms with E-state index in [1.54, 1.807) is 18.7 Å². The van der Waals surface area contributed by atoms with Gasteiger partial charge in [-0.2, -0.15) is 0 Å². The van der Waals surface area contributed by atoms with Gasteiger partial charge in [-0.3, -0.25) is 0 Å². The van der Waals surface area contributed by atoms with E-state index in [9.17, 15) is 0 Å². The highest BCUT2D eigenvalue weighted by atomic mass is 16.3. The van der Waals surface area contributed by atoms with Crippen molar-refractivity contribution in [1.82, 2.24) is 9.97 Å². The average molecular weight is 218 g/mol. The summed E-state index contributed by atoms with van der Waals surface area (Å²) in [7, 11) is 0. The zero-order valence-corrected chi connectivity index (χ0v) is 9.13. The molecule has 84 valence electrons. The first-order valence-electron chi connectivity index (χ1n) is 5.14. The lowest BCUT2D eigenvalue weighted by atomic mass is 10.4. The lowest BCUT2D eigenvalue weighted by Gasteiger charge is -2.18. The molecular weight excluding hydrogens is 204 g/mol. The Morgan fingerprint density at radius 2 is 2.12 bits per heavy atom. The van der Waals surface area contributed by atoms with Crippen molar-refractivity contribution in [3.8, 4) is 0 Å². The summed E-state index contributed by atoms with van der Waals surface area (Å²) in [5.74, 6) is 1.55. The maximum Gasteiger partial charge on any atom is 0.225 e. The molecule has 0 aliphatic carbocycles. The smallest absolute Gasteiger partial charge is 0.225 e. The number of rotatable bonds is 4. The fourth-order valence-electron chi connectivity index (χ4n) is 1.41. The number of hydrogen-bond acceptors (Lipinski definition) is 5. The Balaban J connectivity index is 2.13. The van der Waals surface area contributed by atoms with Crippen molar-refractivity contribution in [2.75, 3.05) is 17.2 Å². The summed E-state index contributed by atoms with van der Waals surface area (Å²) in [5.41, 5.74) is 6.11. The zero-order valence-electron chi connectivity index (χ0n) is 9.13. The van der Waals surface area contributed by atoms with Crippen LogP contribution < -0.4 is 10.6 Å². The molecule has 0 radical (unpaired) electrons. The van der Waals surface area contributed by atoms with E-state index >= 15 is 0 Å². The highest BCUT2D eigenvalue weighted by Gasteiger charge is 2.09. The highest BCUT2D eigenvalue weighted by Crippen LogP contribution is 2.12. The van der Waals surface area contributed by atoms with E-state index in [4.69, 9.17) is 10.2 Å². The number of nitrogens with zero attached hydrogens (tertiary/aromatic N) is 3. The summed E-state index contributed by atoms with van der Waals surface area (Å²) < 4.78 is 5.29. The molecule has 5 nitrogen and oxygen atoms in total. The third kappa shape index (κ3) is 2.31. The van der Waals surface area contributed by atoms with Crippen LogP contribution in [0.5, 0.6) is 0 Å². The Bertz CT molecular complexity index is 424. The molecule has 0 aliphatic rings. The van der Waals surface area contributed by atoms with Crippen molar-refractivity contribution in [1.29, 1.82) is 0 Å². The van der Waals surface area contributed by atoms with Crippen molar-refractivity contribution in [2.24, 2.45) is 0 Å². The number of nitrogens with two attached hydrogens (primary N) is 1. The molecular formula is C11H14N4O. The van der Waals surface area contributed by atoms with E-state index in [0.29, 0.717) is 18.2 Å². The molecule has 2 aromatic rings. The van der Waals surface area contributed by atoms with E-state index in [1.165, 1.54) is 0 Å². The van der Waals surface area contributed by atoms with Crippen molar-refractivity contribution in [3.05, 3.63) is 36.5 Å². The number of nitrogen functional groups attached to an aromatic ring is 1. The summed E-state index contributed by atoms with van der Waals surface area (Å²) in [6.07, 6.45) is 4.87. The Morgan fingerprint density at radius 3 is 2.69 bits per heavy atom. The van der Waals surface area contributed by atoms with E-state index < -0.39 is 0 Å². The largest absolute Gasteiger partial charge is 0.467 e. The van der Waals surface area contributed by atoms with Gasteiger partial charge in [-0.25, -0.2) is 9.97 Å².